The van der Waals surface area contributed by atoms with Crippen LogP contribution in [0.15, 0.2) is 54.2 Å². The first-order chi connectivity index (χ1) is 11.3. The SMILES string of the molecule is C=IC[C@@H](C(=O)c1ccc(C2=CC(C(F)(F)F)=CC2=C)s1)C1C=C1. The Labute approximate surface area is 152 Å². The Morgan fingerprint density at radius 3 is 2.54 bits per heavy atom. The summed E-state index contributed by atoms with van der Waals surface area (Å²) < 4.78 is 43.2. The second-order valence-electron chi connectivity index (χ2n) is 5.62. The van der Waals surface area contributed by atoms with Gasteiger partial charge in [0.2, 0.25) is 0 Å². The van der Waals surface area contributed by atoms with Gasteiger partial charge in [0.1, 0.15) is 0 Å². The zero-order chi connectivity index (χ0) is 17.5. The molecule has 0 aliphatic heterocycles. The largest absolute Gasteiger partial charge is 0.416 e. The Kier molecular flexibility index (Phi) is 4.79. The molecule has 0 aromatic carbocycles. The molecule has 0 radical (unpaired) electrons. The number of hydrogen-bond acceptors (Lipinski definition) is 2. The van der Waals surface area contributed by atoms with Crippen molar-refractivity contribution in [3.63, 3.8) is 0 Å². The molecule has 1 aromatic heterocycles. The highest BCUT2D eigenvalue weighted by molar-refractivity contribution is 14.2. The lowest BCUT2D eigenvalue weighted by Crippen LogP contribution is -2.18. The highest BCUT2D eigenvalue weighted by Crippen LogP contribution is 2.41. The van der Waals surface area contributed by atoms with Crippen LogP contribution in [-0.4, -0.2) is 20.9 Å². The van der Waals surface area contributed by atoms with E-state index in [4.69, 9.17) is 0 Å². The summed E-state index contributed by atoms with van der Waals surface area (Å²) in [7, 11) is 0. The molecule has 0 saturated carbocycles. The van der Waals surface area contributed by atoms with Crippen LogP contribution in [0.4, 0.5) is 13.2 Å². The molecule has 0 N–H and O–H groups in total. The third kappa shape index (κ3) is 3.54. The zero-order valence-electron chi connectivity index (χ0n) is 12.6. The van der Waals surface area contributed by atoms with E-state index >= 15 is 0 Å². The first-order valence-corrected chi connectivity index (χ1v) is 11.0. The van der Waals surface area contributed by atoms with Gasteiger partial charge in [0, 0.05) is 21.1 Å². The average Bonchev–Trinajstić information content (AvgIpc) is 3.08. The lowest BCUT2D eigenvalue weighted by atomic mass is 9.98. The van der Waals surface area contributed by atoms with Gasteiger partial charge in [-0.15, -0.1) is 32.1 Å². The van der Waals surface area contributed by atoms with Gasteiger partial charge in [0.05, 0.1) is 10.5 Å². The molecule has 0 saturated heterocycles. The standard InChI is InChI=1S/C18H14F3IOS/c1-10-7-12(18(19,20)21)8-13(10)15-5-6-16(24-15)17(23)14(9-22-2)11-3-4-11/h3-8,11,14H,1-2,9H2/t14-/m1/s1. The summed E-state index contributed by atoms with van der Waals surface area (Å²) in [4.78, 5) is 13.9. The number of ketones is 1. The number of thiophene rings is 1. The molecule has 1 aromatic rings. The Hall–Kier alpha value is -1.28. The summed E-state index contributed by atoms with van der Waals surface area (Å²) in [5, 5.41) is 0. The van der Waals surface area contributed by atoms with Crippen LogP contribution in [-0.2, 0) is 0 Å². The van der Waals surface area contributed by atoms with Crippen molar-refractivity contribution in [3.05, 3.63) is 63.9 Å². The number of halogens is 4. The number of hydrogen-bond donors (Lipinski definition) is 0. The van der Waals surface area contributed by atoms with Gasteiger partial charge in [-0.25, -0.2) is 0 Å². The summed E-state index contributed by atoms with van der Waals surface area (Å²) in [5.41, 5.74) is 0.0647. The number of rotatable bonds is 6. The van der Waals surface area contributed by atoms with Gasteiger partial charge in [0.25, 0.3) is 0 Å². The number of allylic oxidation sites excluding steroid dienone is 7. The maximum absolute atomic E-state index is 12.8. The van der Waals surface area contributed by atoms with Crippen molar-refractivity contribution in [2.45, 2.75) is 6.18 Å². The summed E-state index contributed by atoms with van der Waals surface area (Å²) in [6.07, 6.45) is 1.78. The topological polar surface area (TPSA) is 17.1 Å². The number of alkyl halides is 4. The number of carbonyl (C=O) groups excluding carboxylic acids is 1. The van der Waals surface area contributed by atoms with Crippen LogP contribution < -0.4 is 0 Å². The van der Waals surface area contributed by atoms with E-state index in [0.717, 1.165) is 16.6 Å². The van der Waals surface area contributed by atoms with Crippen molar-refractivity contribution in [2.75, 3.05) is 4.43 Å². The van der Waals surface area contributed by atoms with Gasteiger partial charge < -0.3 is 0 Å². The Morgan fingerprint density at radius 2 is 2.00 bits per heavy atom. The molecular formula is C18H14F3IOS. The highest BCUT2D eigenvalue weighted by Gasteiger charge is 2.36. The fraction of sp³-hybridized carbons (Fsp3) is 0.222. The average molecular weight is 462 g/mol. The normalized spacial score (nSPS) is 18.5. The second kappa shape index (κ2) is 6.55. The van der Waals surface area contributed by atoms with E-state index in [-0.39, 0.29) is 38.3 Å². The quantitative estimate of drug-likeness (QED) is 0.234. The van der Waals surface area contributed by atoms with E-state index in [1.807, 2.05) is 12.2 Å². The van der Waals surface area contributed by atoms with Crippen LogP contribution in [0.1, 0.15) is 14.5 Å². The minimum atomic E-state index is -4.39. The van der Waals surface area contributed by atoms with Crippen LogP contribution >= 0.6 is 32.1 Å². The third-order valence-corrected chi connectivity index (χ3v) is 6.61. The Bertz CT molecular complexity index is 804. The van der Waals surface area contributed by atoms with Gasteiger partial charge in [-0.2, -0.15) is 13.2 Å². The second-order valence-corrected chi connectivity index (χ2v) is 8.66. The fourth-order valence-corrected chi connectivity index (χ4v) is 5.26. The number of carbonyl (C=O) groups is 1. The van der Waals surface area contributed by atoms with Crippen molar-refractivity contribution in [1.29, 1.82) is 0 Å². The zero-order valence-corrected chi connectivity index (χ0v) is 15.5. The van der Waals surface area contributed by atoms with E-state index < -0.39 is 11.7 Å². The van der Waals surface area contributed by atoms with E-state index in [9.17, 15) is 18.0 Å². The van der Waals surface area contributed by atoms with Crippen molar-refractivity contribution >= 4 is 47.9 Å². The first kappa shape index (κ1) is 17.5. The molecular weight excluding hydrogens is 448 g/mol. The molecule has 6 heteroatoms. The molecule has 1 atom stereocenters. The predicted octanol–water partition coefficient (Wildman–Crippen LogP) is 5.58. The van der Waals surface area contributed by atoms with Crippen LogP contribution in [0.5, 0.6) is 0 Å². The monoisotopic (exact) mass is 462 g/mol. The van der Waals surface area contributed by atoms with E-state index in [2.05, 4.69) is 11.1 Å². The first-order valence-electron chi connectivity index (χ1n) is 7.16. The molecule has 0 bridgehead atoms. The van der Waals surface area contributed by atoms with Gasteiger partial charge >= 0.3 is 6.18 Å². The summed E-state index contributed by atoms with van der Waals surface area (Å²) in [6, 6.07) is 3.41. The lowest BCUT2D eigenvalue weighted by Gasteiger charge is -2.11. The fourth-order valence-electron chi connectivity index (χ4n) is 2.54. The molecule has 126 valence electrons. The molecule has 0 amide bonds. The molecule has 0 unspecified atom stereocenters. The van der Waals surface area contributed by atoms with Crippen molar-refractivity contribution in [1.82, 2.24) is 0 Å². The van der Waals surface area contributed by atoms with E-state index in [1.54, 1.807) is 12.1 Å². The van der Waals surface area contributed by atoms with Crippen LogP contribution in [0.3, 0.4) is 0 Å². The summed E-state index contributed by atoms with van der Waals surface area (Å²) in [5.74, 6) is 0.230. The predicted molar refractivity (Wildman–Crippen MR) is 102 cm³/mol. The van der Waals surface area contributed by atoms with E-state index in [0.29, 0.717) is 20.9 Å². The molecule has 1 heterocycles. The van der Waals surface area contributed by atoms with Gasteiger partial charge in [-0.05, 0) is 35.4 Å². The maximum atomic E-state index is 12.8. The van der Waals surface area contributed by atoms with Crippen molar-refractivity contribution in [2.24, 2.45) is 11.8 Å². The third-order valence-electron chi connectivity index (χ3n) is 3.91. The van der Waals surface area contributed by atoms with Gasteiger partial charge in [-0.1, -0.05) is 23.2 Å². The minimum Gasteiger partial charge on any atom is -0.293 e. The smallest absolute Gasteiger partial charge is 0.293 e. The lowest BCUT2D eigenvalue weighted by molar-refractivity contribution is -0.0879. The molecule has 1 nitrogen and oxygen atoms in total. The summed E-state index contributed by atoms with van der Waals surface area (Å²) >= 11 is 0.993. The van der Waals surface area contributed by atoms with Crippen LogP contribution in [0, 0.1) is 11.8 Å². The molecule has 2 aliphatic rings. The Balaban J connectivity index is 1.82. The van der Waals surface area contributed by atoms with E-state index in [1.165, 1.54) is 11.3 Å². The Morgan fingerprint density at radius 1 is 1.29 bits per heavy atom. The number of Topliss-reactive ketones (excluding diaryl/α,β-unsaturated/α-hetero) is 1. The maximum Gasteiger partial charge on any atom is 0.416 e. The van der Waals surface area contributed by atoms with Gasteiger partial charge in [0.15, 0.2) is 5.78 Å². The molecule has 24 heavy (non-hydrogen) atoms. The summed E-state index contributed by atoms with van der Waals surface area (Å²) in [6.45, 7) is 3.70. The molecule has 2 aliphatic carbocycles. The van der Waals surface area contributed by atoms with Crippen molar-refractivity contribution in [3.8, 4) is 0 Å². The highest BCUT2D eigenvalue weighted by atomic mass is 127. The molecule has 3 rings (SSSR count). The van der Waals surface area contributed by atoms with Crippen LogP contribution in [0.25, 0.3) is 5.57 Å². The minimum absolute atomic E-state index is 0.0635. The van der Waals surface area contributed by atoms with Crippen molar-refractivity contribution < 1.29 is 18.0 Å². The molecule has 0 fully saturated rings. The molecule has 0 spiro atoms. The van der Waals surface area contributed by atoms with Crippen LogP contribution in [0.2, 0.25) is 0 Å². The van der Waals surface area contributed by atoms with Gasteiger partial charge in [-0.3, -0.25) is 4.79 Å².